The first-order chi connectivity index (χ1) is 21.8. The van der Waals surface area contributed by atoms with Crippen LogP contribution in [0.15, 0.2) is 65.8 Å². The van der Waals surface area contributed by atoms with Crippen molar-refractivity contribution < 1.29 is 18.0 Å². The summed E-state index contributed by atoms with van der Waals surface area (Å²) in [5.74, 6) is -0.501. The van der Waals surface area contributed by atoms with Gasteiger partial charge in [0.2, 0.25) is 10.0 Å². The quantitative estimate of drug-likeness (QED) is 0.161. The Labute approximate surface area is 290 Å². The van der Waals surface area contributed by atoms with Crippen LogP contribution < -0.4 is 4.31 Å². The SMILES string of the molecule is CO/N=C(\CN(C)C(=O)c1cc(Cl)cc(Cl)c1)C(CCN1CCC2(CC1)CN(S(C)(=O)=O)c1ccccc12)c1ccc(Cl)c(Cl)c1. The Morgan fingerprint density at radius 1 is 1.00 bits per heavy atom. The highest BCUT2D eigenvalue weighted by atomic mass is 35.5. The van der Waals surface area contributed by atoms with Crippen LogP contribution in [0.3, 0.4) is 0 Å². The summed E-state index contributed by atoms with van der Waals surface area (Å²) in [7, 11) is -0.212. The lowest BCUT2D eigenvalue weighted by Gasteiger charge is -2.40. The van der Waals surface area contributed by atoms with Gasteiger partial charge >= 0.3 is 0 Å². The van der Waals surface area contributed by atoms with Gasteiger partial charge in [-0.3, -0.25) is 9.10 Å². The number of fused-ring (bicyclic) bond motifs is 2. The molecule has 2 aliphatic rings. The lowest BCUT2D eigenvalue weighted by Crippen LogP contribution is -2.46. The number of piperidine rings is 1. The van der Waals surface area contributed by atoms with Crippen molar-refractivity contribution in [1.82, 2.24) is 9.80 Å². The summed E-state index contributed by atoms with van der Waals surface area (Å²) in [6, 6.07) is 18.1. The predicted molar refractivity (Wildman–Crippen MR) is 188 cm³/mol. The van der Waals surface area contributed by atoms with E-state index in [1.54, 1.807) is 40.5 Å². The third kappa shape index (κ3) is 7.61. The summed E-state index contributed by atoms with van der Waals surface area (Å²) in [5.41, 5.74) is 3.60. The molecule has 1 unspecified atom stereocenters. The van der Waals surface area contributed by atoms with Crippen molar-refractivity contribution in [3.8, 4) is 0 Å². The van der Waals surface area contributed by atoms with E-state index in [0.717, 1.165) is 49.3 Å². The Balaban J connectivity index is 1.34. The highest BCUT2D eigenvalue weighted by molar-refractivity contribution is 7.92. The van der Waals surface area contributed by atoms with Gasteiger partial charge in [0.1, 0.15) is 7.11 Å². The van der Waals surface area contributed by atoms with Crippen LogP contribution in [-0.2, 0) is 20.3 Å². The monoisotopic (exact) mass is 724 g/mol. The molecule has 246 valence electrons. The highest BCUT2D eigenvalue weighted by Gasteiger charge is 2.46. The molecule has 3 aromatic rings. The number of nitrogens with zero attached hydrogens (tertiary/aromatic N) is 4. The van der Waals surface area contributed by atoms with Gasteiger partial charge in [0, 0.05) is 40.5 Å². The molecule has 2 aliphatic heterocycles. The van der Waals surface area contributed by atoms with Crippen LogP contribution in [0.25, 0.3) is 0 Å². The zero-order valence-electron chi connectivity index (χ0n) is 25.8. The Hall–Kier alpha value is -2.53. The van der Waals surface area contributed by atoms with E-state index in [2.05, 4.69) is 16.1 Å². The predicted octanol–water partition coefficient (Wildman–Crippen LogP) is 7.36. The molecule has 1 saturated heterocycles. The first kappa shape index (κ1) is 34.8. The second kappa shape index (κ2) is 14.3. The third-order valence-corrected chi connectivity index (χ3v) is 11.3. The lowest BCUT2D eigenvalue weighted by molar-refractivity contribution is 0.0812. The van der Waals surface area contributed by atoms with E-state index in [0.29, 0.717) is 44.3 Å². The summed E-state index contributed by atoms with van der Waals surface area (Å²) in [5, 5.41) is 6.01. The lowest BCUT2D eigenvalue weighted by atomic mass is 9.74. The number of amides is 1. The molecular weight excluding hydrogens is 690 g/mol. The largest absolute Gasteiger partial charge is 0.399 e. The van der Waals surface area contributed by atoms with Crippen LogP contribution in [-0.4, -0.2) is 83.0 Å². The van der Waals surface area contributed by atoms with E-state index in [4.69, 9.17) is 51.2 Å². The molecule has 1 fully saturated rings. The standard InChI is InChI=1S/C33H36Cl4N4O4S/c1-39(32(42)23-16-24(34)19-25(35)17-23)20-30(38-45-2)26(22-8-9-28(36)29(37)18-22)10-13-40-14-11-33(12-15-40)21-41(46(3,43)44)31-7-5-4-6-27(31)33/h4-9,16-19,26H,10-15,20-21H2,1-3H3/b38-30+. The van der Waals surface area contributed by atoms with Crippen LogP contribution in [0.1, 0.15) is 46.7 Å². The molecule has 8 nitrogen and oxygen atoms in total. The number of oxime groups is 1. The smallest absolute Gasteiger partial charge is 0.254 e. The molecule has 1 spiro atoms. The summed E-state index contributed by atoms with van der Waals surface area (Å²) in [6.45, 7) is 3.01. The number of hydrogen-bond donors (Lipinski definition) is 0. The van der Waals surface area contributed by atoms with E-state index in [-0.39, 0.29) is 23.8 Å². The maximum atomic E-state index is 13.4. The normalized spacial score (nSPS) is 17.2. The van der Waals surface area contributed by atoms with E-state index >= 15 is 0 Å². The average Bonchev–Trinajstić information content (AvgIpc) is 3.33. The minimum atomic E-state index is -3.38. The molecule has 0 saturated carbocycles. The van der Waals surface area contributed by atoms with Gasteiger partial charge in [-0.25, -0.2) is 8.42 Å². The molecule has 1 atom stereocenters. The van der Waals surface area contributed by atoms with Crippen molar-refractivity contribution in [2.75, 3.05) is 57.4 Å². The minimum Gasteiger partial charge on any atom is -0.399 e. The number of benzene rings is 3. The van der Waals surface area contributed by atoms with Gasteiger partial charge in [0.05, 0.1) is 34.2 Å². The van der Waals surface area contributed by atoms with Crippen LogP contribution >= 0.6 is 46.4 Å². The first-order valence-electron chi connectivity index (χ1n) is 14.9. The van der Waals surface area contributed by atoms with Crippen LogP contribution in [0.4, 0.5) is 5.69 Å². The molecule has 1 amide bonds. The van der Waals surface area contributed by atoms with Crippen LogP contribution in [0, 0.1) is 0 Å². The van der Waals surface area contributed by atoms with Crippen LogP contribution in [0.5, 0.6) is 0 Å². The second-order valence-electron chi connectivity index (χ2n) is 12.0. The van der Waals surface area contributed by atoms with Gasteiger partial charge in [0.15, 0.2) is 0 Å². The zero-order valence-corrected chi connectivity index (χ0v) is 29.7. The van der Waals surface area contributed by atoms with E-state index in [1.165, 1.54) is 13.4 Å². The number of halogens is 4. The average molecular weight is 727 g/mol. The summed E-state index contributed by atoms with van der Waals surface area (Å²) < 4.78 is 26.8. The number of likely N-dealkylation sites (tertiary alicyclic amines) is 1. The molecule has 13 heteroatoms. The third-order valence-electron chi connectivity index (χ3n) is 8.95. The Bertz CT molecular complexity index is 1720. The molecular formula is C33H36Cl4N4O4S. The topological polar surface area (TPSA) is 82.5 Å². The fraction of sp³-hybridized carbons (Fsp3) is 0.394. The maximum Gasteiger partial charge on any atom is 0.254 e. The molecule has 0 bridgehead atoms. The first-order valence-corrected chi connectivity index (χ1v) is 18.2. The molecule has 2 heterocycles. The highest BCUT2D eigenvalue weighted by Crippen LogP contribution is 2.48. The van der Waals surface area contributed by atoms with Gasteiger partial charge in [0.25, 0.3) is 5.91 Å². The van der Waals surface area contributed by atoms with E-state index in [1.807, 2.05) is 30.3 Å². The molecule has 3 aromatic carbocycles. The summed E-state index contributed by atoms with van der Waals surface area (Å²) in [6.07, 6.45) is 3.62. The van der Waals surface area contributed by atoms with Crippen molar-refractivity contribution in [3.63, 3.8) is 0 Å². The van der Waals surface area contributed by atoms with Gasteiger partial charge < -0.3 is 14.6 Å². The number of para-hydroxylation sites is 1. The Morgan fingerprint density at radius 3 is 2.30 bits per heavy atom. The molecule has 5 rings (SSSR count). The number of anilines is 1. The summed E-state index contributed by atoms with van der Waals surface area (Å²) in [4.78, 5) is 22.6. The zero-order chi connectivity index (χ0) is 33.2. The van der Waals surface area contributed by atoms with Crippen molar-refractivity contribution in [2.45, 2.75) is 30.6 Å². The number of carbonyl (C=O) groups excluding carboxylic acids is 1. The second-order valence-corrected chi connectivity index (χ2v) is 15.6. The molecule has 0 N–H and O–H groups in total. The number of carbonyl (C=O) groups is 1. The number of sulfonamides is 1. The maximum absolute atomic E-state index is 13.4. The van der Waals surface area contributed by atoms with E-state index < -0.39 is 10.0 Å². The van der Waals surface area contributed by atoms with Gasteiger partial charge in [-0.15, -0.1) is 0 Å². The van der Waals surface area contributed by atoms with Gasteiger partial charge in [-0.05, 0) is 86.4 Å². The van der Waals surface area contributed by atoms with Gasteiger partial charge in [-0.2, -0.15) is 0 Å². The van der Waals surface area contributed by atoms with Crippen LogP contribution in [0.2, 0.25) is 20.1 Å². The van der Waals surface area contributed by atoms with Crippen molar-refractivity contribution in [2.24, 2.45) is 5.16 Å². The van der Waals surface area contributed by atoms with Crippen molar-refractivity contribution >= 4 is 73.7 Å². The van der Waals surface area contributed by atoms with Crippen molar-refractivity contribution in [1.29, 1.82) is 0 Å². The Kier molecular flexibility index (Phi) is 10.8. The van der Waals surface area contributed by atoms with Gasteiger partial charge in [-0.1, -0.05) is 75.8 Å². The number of rotatable bonds is 10. The summed E-state index contributed by atoms with van der Waals surface area (Å²) >= 11 is 25.1. The molecule has 46 heavy (non-hydrogen) atoms. The number of hydrogen-bond acceptors (Lipinski definition) is 6. The fourth-order valence-corrected chi connectivity index (χ4v) is 8.44. The molecule has 0 aromatic heterocycles. The van der Waals surface area contributed by atoms with E-state index in [9.17, 15) is 13.2 Å². The Morgan fingerprint density at radius 2 is 1.67 bits per heavy atom. The molecule has 0 aliphatic carbocycles. The molecule has 0 radical (unpaired) electrons. The van der Waals surface area contributed by atoms with Crippen molar-refractivity contribution in [3.05, 3.63) is 97.4 Å². The minimum absolute atomic E-state index is 0.183. The fourth-order valence-electron chi connectivity index (χ4n) is 6.61.